The molecule has 0 aromatic carbocycles. The van der Waals surface area contributed by atoms with Crippen molar-refractivity contribution in [1.82, 2.24) is 4.31 Å². The number of rotatable bonds is 8. The molecule has 1 aliphatic rings. The van der Waals surface area contributed by atoms with Gasteiger partial charge < -0.3 is 4.74 Å². The normalized spacial score (nSPS) is 16.6. The third-order valence-corrected chi connectivity index (χ3v) is 5.29. The SMILES string of the molecule is CCOC(=O)CN(CC)S(=O)(=O)CCC1CCC1. The summed E-state index contributed by atoms with van der Waals surface area (Å²) < 4.78 is 30.1. The van der Waals surface area contributed by atoms with Crippen molar-refractivity contribution in [3.63, 3.8) is 0 Å². The van der Waals surface area contributed by atoms with Gasteiger partial charge in [0, 0.05) is 6.54 Å². The highest BCUT2D eigenvalue weighted by Crippen LogP contribution is 2.29. The van der Waals surface area contributed by atoms with Crippen LogP contribution in [0.2, 0.25) is 0 Å². The Morgan fingerprint density at radius 3 is 2.44 bits per heavy atom. The lowest BCUT2D eigenvalue weighted by molar-refractivity contribution is -0.143. The van der Waals surface area contributed by atoms with Gasteiger partial charge in [0.05, 0.1) is 12.4 Å². The summed E-state index contributed by atoms with van der Waals surface area (Å²) in [5, 5.41) is 0. The zero-order chi connectivity index (χ0) is 13.6. The lowest BCUT2D eigenvalue weighted by Gasteiger charge is -2.26. The fourth-order valence-electron chi connectivity index (χ4n) is 1.98. The van der Waals surface area contributed by atoms with Gasteiger partial charge in [-0.2, -0.15) is 4.31 Å². The molecule has 0 spiro atoms. The minimum absolute atomic E-state index is 0.144. The standard InChI is InChI=1S/C12H23NO4S/c1-3-13(10-12(14)17-4-2)18(15,16)9-8-11-6-5-7-11/h11H,3-10H2,1-2H3. The van der Waals surface area contributed by atoms with Crippen molar-refractivity contribution < 1.29 is 17.9 Å². The molecule has 0 saturated heterocycles. The van der Waals surface area contributed by atoms with E-state index in [-0.39, 0.29) is 18.9 Å². The summed E-state index contributed by atoms with van der Waals surface area (Å²) in [5.41, 5.74) is 0. The molecule has 1 fully saturated rings. The van der Waals surface area contributed by atoms with Gasteiger partial charge in [0.1, 0.15) is 6.54 Å². The van der Waals surface area contributed by atoms with E-state index in [1.54, 1.807) is 13.8 Å². The van der Waals surface area contributed by atoms with Crippen molar-refractivity contribution >= 4 is 16.0 Å². The number of ether oxygens (including phenoxy) is 1. The molecule has 6 heteroatoms. The Kier molecular flexibility index (Phi) is 6.08. The molecule has 1 aliphatic carbocycles. The highest BCUT2D eigenvalue weighted by atomic mass is 32.2. The predicted octanol–water partition coefficient (Wildman–Crippen LogP) is 1.39. The number of carbonyl (C=O) groups is 1. The van der Waals surface area contributed by atoms with E-state index in [1.165, 1.54) is 10.7 Å². The largest absolute Gasteiger partial charge is 0.465 e. The maximum Gasteiger partial charge on any atom is 0.321 e. The lowest BCUT2D eigenvalue weighted by atomic mass is 9.84. The quantitative estimate of drug-likeness (QED) is 0.629. The maximum atomic E-state index is 12.1. The van der Waals surface area contributed by atoms with Crippen molar-refractivity contribution in [3.8, 4) is 0 Å². The molecule has 18 heavy (non-hydrogen) atoms. The summed E-state index contributed by atoms with van der Waals surface area (Å²) in [6.07, 6.45) is 4.20. The van der Waals surface area contributed by atoms with E-state index in [9.17, 15) is 13.2 Å². The maximum absolute atomic E-state index is 12.1. The van der Waals surface area contributed by atoms with Crippen LogP contribution in [0, 0.1) is 5.92 Å². The summed E-state index contributed by atoms with van der Waals surface area (Å²) in [4.78, 5) is 11.3. The van der Waals surface area contributed by atoms with Crippen LogP contribution in [0.1, 0.15) is 39.5 Å². The summed E-state index contributed by atoms with van der Waals surface area (Å²) in [7, 11) is -3.32. The van der Waals surface area contributed by atoms with Crippen LogP contribution >= 0.6 is 0 Å². The van der Waals surface area contributed by atoms with Gasteiger partial charge in [0.2, 0.25) is 10.0 Å². The van der Waals surface area contributed by atoms with E-state index >= 15 is 0 Å². The predicted molar refractivity (Wildman–Crippen MR) is 69.6 cm³/mol. The molecule has 0 atom stereocenters. The van der Waals surface area contributed by atoms with Gasteiger partial charge in [-0.3, -0.25) is 4.79 Å². The molecule has 0 aromatic rings. The van der Waals surface area contributed by atoms with E-state index in [4.69, 9.17) is 4.74 Å². The van der Waals surface area contributed by atoms with Crippen LogP contribution in [0.3, 0.4) is 0 Å². The zero-order valence-corrected chi connectivity index (χ0v) is 12.0. The smallest absolute Gasteiger partial charge is 0.321 e. The first-order valence-corrected chi connectivity index (χ1v) is 8.24. The number of hydrogen-bond donors (Lipinski definition) is 0. The Bertz CT molecular complexity index is 362. The first kappa shape index (κ1) is 15.4. The Morgan fingerprint density at radius 1 is 1.33 bits per heavy atom. The minimum Gasteiger partial charge on any atom is -0.465 e. The second kappa shape index (κ2) is 7.09. The van der Waals surface area contributed by atoms with Crippen LogP contribution in [-0.4, -0.2) is 44.1 Å². The van der Waals surface area contributed by atoms with Crippen LogP contribution in [-0.2, 0) is 19.6 Å². The average Bonchev–Trinajstić information content (AvgIpc) is 2.23. The number of carbonyl (C=O) groups excluding carboxylic acids is 1. The molecule has 0 aliphatic heterocycles. The van der Waals surface area contributed by atoms with Crippen LogP contribution < -0.4 is 0 Å². The third kappa shape index (κ3) is 4.57. The molecule has 5 nitrogen and oxygen atoms in total. The van der Waals surface area contributed by atoms with Gasteiger partial charge in [-0.05, 0) is 19.3 Å². The van der Waals surface area contributed by atoms with Gasteiger partial charge in [-0.25, -0.2) is 8.42 Å². The summed E-state index contributed by atoms with van der Waals surface area (Å²) in [6, 6.07) is 0. The number of esters is 1. The number of hydrogen-bond acceptors (Lipinski definition) is 4. The Labute approximate surface area is 110 Å². The van der Waals surface area contributed by atoms with Gasteiger partial charge in [-0.15, -0.1) is 0 Å². The molecule has 1 saturated carbocycles. The molecular formula is C12H23NO4S. The topological polar surface area (TPSA) is 63.7 Å². The summed E-state index contributed by atoms with van der Waals surface area (Å²) >= 11 is 0. The molecule has 0 radical (unpaired) electrons. The molecule has 0 bridgehead atoms. The Balaban J connectivity index is 2.47. The average molecular weight is 277 g/mol. The monoisotopic (exact) mass is 277 g/mol. The van der Waals surface area contributed by atoms with E-state index < -0.39 is 16.0 Å². The van der Waals surface area contributed by atoms with E-state index in [1.807, 2.05) is 0 Å². The van der Waals surface area contributed by atoms with E-state index in [2.05, 4.69) is 0 Å². The fraction of sp³-hybridized carbons (Fsp3) is 0.917. The van der Waals surface area contributed by atoms with Gasteiger partial charge >= 0.3 is 5.97 Å². The van der Waals surface area contributed by atoms with Crippen LogP contribution in [0.25, 0.3) is 0 Å². The highest BCUT2D eigenvalue weighted by molar-refractivity contribution is 7.89. The summed E-state index contributed by atoms with van der Waals surface area (Å²) in [5.74, 6) is 0.220. The van der Waals surface area contributed by atoms with Crippen molar-refractivity contribution in [2.75, 3.05) is 25.4 Å². The first-order chi connectivity index (χ1) is 8.49. The highest BCUT2D eigenvalue weighted by Gasteiger charge is 2.26. The van der Waals surface area contributed by atoms with Crippen molar-refractivity contribution in [2.45, 2.75) is 39.5 Å². The molecule has 0 amide bonds. The Morgan fingerprint density at radius 2 is 2.00 bits per heavy atom. The number of likely N-dealkylation sites (N-methyl/N-ethyl adjacent to an activating group) is 1. The second-order valence-electron chi connectivity index (χ2n) is 4.63. The zero-order valence-electron chi connectivity index (χ0n) is 11.2. The van der Waals surface area contributed by atoms with Crippen molar-refractivity contribution in [3.05, 3.63) is 0 Å². The van der Waals surface area contributed by atoms with Crippen molar-refractivity contribution in [1.29, 1.82) is 0 Å². The number of nitrogens with zero attached hydrogens (tertiary/aromatic N) is 1. The lowest BCUT2D eigenvalue weighted by Crippen LogP contribution is -2.38. The summed E-state index contributed by atoms with van der Waals surface area (Å²) in [6.45, 7) is 3.86. The Hall–Kier alpha value is -0.620. The molecule has 106 valence electrons. The van der Waals surface area contributed by atoms with Crippen molar-refractivity contribution in [2.24, 2.45) is 5.92 Å². The van der Waals surface area contributed by atoms with Gasteiger partial charge in [0.15, 0.2) is 0 Å². The fourth-order valence-corrected chi connectivity index (χ4v) is 3.57. The molecule has 0 heterocycles. The first-order valence-electron chi connectivity index (χ1n) is 6.63. The molecule has 0 unspecified atom stereocenters. The molecule has 0 aromatic heterocycles. The van der Waals surface area contributed by atoms with Crippen LogP contribution in [0.4, 0.5) is 0 Å². The van der Waals surface area contributed by atoms with Gasteiger partial charge in [-0.1, -0.05) is 26.2 Å². The molecule has 0 N–H and O–H groups in total. The second-order valence-corrected chi connectivity index (χ2v) is 6.72. The van der Waals surface area contributed by atoms with Crippen LogP contribution in [0.5, 0.6) is 0 Å². The van der Waals surface area contributed by atoms with E-state index in [0.717, 1.165) is 12.8 Å². The van der Waals surface area contributed by atoms with Crippen LogP contribution in [0.15, 0.2) is 0 Å². The third-order valence-electron chi connectivity index (χ3n) is 3.37. The molecule has 1 rings (SSSR count). The van der Waals surface area contributed by atoms with Gasteiger partial charge in [0.25, 0.3) is 0 Å². The minimum atomic E-state index is -3.32. The van der Waals surface area contributed by atoms with E-state index in [0.29, 0.717) is 18.9 Å². The number of sulfonamides is 1. The molecular weight excluding hydrogens is 254 g/mol.